The van der Waals surface area contributed by atoms with Crippen molar-refractivity contribution < 1.29 is 4.79 Å². The van der Waals surface area contributed by atoms with Crippen molar-refractivity contribution in [2.75, 3.05) is 0 Å². The van der Waals surface area contributed by atoms with Crippen molar-refractivity contribution in [3.8, 4) is 0 Å². The van der Waals surface area contributed by atoms with E-state index in [4.69, 9.17) is 0 Å². The van der Waals surface area contributed by atoms with Crippen molar-refractivity contribution in [3.63, 3.8) is 0 Å². The third kappa shape index (κ3) is 2.75. The van der Waals surface area contributed by atoms with E-state index < -0.39 is 0 Å². The maximum atomic E-state index is 11.9. The maximum Gasteiger partial charge on any atom is 0.256 e. The standard InChI is InChI=1S/C13H18N2O2/c1-9-4-2-3-5-11(9)15-13(17)10-8-14-7-6-12(10)16/h6-9,11H,2-5H2,1H3,(H,14,16)(H,15,17). The molecule has 2 unspecified atom stereocenters. The first-order chi connectivity index (χ1) is 8.18. The highest BCUT2D eigenvalue weighted by Gasteiger charge is 2.23. The summed E-state index contributed by atoms with van der Waals surface area (Å²) in [5.41, 5.74) is -0.0324. The van der Waals surface area contributed by atoms with Crippen LogP contribution in [0.4, 0.5) is 0 Å². The molecule has 1 aromatic heterocycles. The van der Waals surface area contributed by atoms with Gasteiger partial charge in [-0.2, -0.15) is 0 Å². The van der Waals surface area contributed by atoms with Crippen LogP contribution in [0.25, 0.3) is 0 Å². The smallest absolute Gasteiger partial charge is 0.256 e. The highest BCUT2D eigenvalue weighted by atomic mass is 16.2. The Bertz CT molecular complexity index is 453. The molecular formula is C13H18N2O2. The van der Waals surface area contributed by atoms with Gasteiger partial charge in [-0.3, -0.25) is 9.59 Å². The molecule has 1 heterocycles. The summed E-state index contributed by atoms with van der Waals surface area (Å²) < 4.78 is 0. The minimum Gasteiger partial charge on any atom is -0.367 e. The van der Waals surface area contributed by atoms with Gasteiger partial charge >= 0.3 is 0 Å². The van der Waals surface area contributed by atoms with Crippen LogP contribution in [0.15, 0.2) is 23.3 Å². The van der Waals surface area contributed by atoms with Crippen LogP contribution >= 0.6 is 0 Å². The minimum absolute atomic E-state index is 0.199. The number of carbonyl (C=O) groups excluding carboxylic acids is 1. The topological polar surface area (TPSA) is 62.0 Å². The van der Waals surface area contributed by atoms with E-state index in [9.17, 15) is 9.59 Å². The Kier molecular flexibility index (Phi) is 3.61. The quantitative estimate of drug-likeness (QED) is 0.818. The fraction of sp³-hybridized carbons (Fsp3) is 0.538. The SMILES string of the molecule is CC1CCCCC1NC(=O)c1c[nH]ccc1=O. The predicted molar refractivity (Wildman–Crippen MR) is 65.9 cm³/mol. The highest BCUT2D eigenvalue weighted by Crippen LogP contribution is 2.23. The van der Waals surface area contributed by atoms with Gasteiger partial charge in [-0.1, -0.05) is 19.8 Å². The van der Waals surface area contributed by atoms with Crippen LogP contribution < -0.4 is 10.7 Å². The molecule has 2 N–H and O–H groups in total. The minimum atomic E-state index is -0.259. The third-order valence-corrected chi connectivity index (χ3v) is 3.50. The Labute approximate surface area is 100 Å². The molecule has 1 aliphatic rings. The molecule has 0 bridgehead atoms. The summed E-state index contributed by atoms with van der Waals surface area (Å²) in [5.74, 6) is 0.237. The van der Waals surface area contributed by atoms with Gasteiger partial charge in [0.2, 0.25) is 0 Å². The molecule has 4 nitrogen and oxygen atoms in total. The van der Waals surface area contributed by atoms with Crippen LogP contribution in [-0.2, 0) is 0 Å². The van der Waals surface area contributed by atoms with Crippen LogP contribution in [-0.4, -0.2) is 16.9 Å². The lowest BCUT2D eigenvalue weighted by Crippen LogP contribution is -2.42. The first kappa shape index (κ1) is 11.9. The van der Waals surface area contributed by atoms with Crippen molar-refractivity contribution in [3.05, 3.63) is 34.2 Å². The lowest BCUT2D eigenvalue weighted by Gasteiger charge is -2.29. The average Bonchev–Trinajstić information content (AvgIpc) is 2.32. The summed E-state index contributed by atoms with van der Waals surface area (Å²) in [7, 11) is 0. The third-order valence-electron chi connectivity index (χ3n) is 3.50. The molecule has 0 spiro atoms. The predicted octanol–water partition coefficient (Wildman–Crippen LogP) is 1.68. The Morgan fingerprint density at radius 2 is 2.18 bits per heavy atom. The van der Waals surface area contributed by atoms with Gasteiger partial charge in [0.1, 0.15) is 5.56 Å². The van der Waals surface area contributed by atoms with E-state index in [1.165, 1.54) is 24.9 Å². The van der Waals surface area contributed by atoms with E-state index in [0.29, 0.717) is 5.92 Å². The molecule has 0 aliphatic heterocycles. The summed E-state index contributed by atoms with van der Waals surface area (Å²) in [6.45, 7) is 2.15. The van der Waals surface area contributed by atoms with Gasteiger partial charge < -0.3 is 10.3 Å². The first-order valence-corrected chi connectivity index (χ1v) is 6.16. The zero-order valence-corrected chi connectivity index (χ0v) is 10.0. The van der Waals surface area contributed by atoms with Gasteiger partial charge in [0.15, 0.2) is 5.43 Å². The number of hydrogen-bond acceptors (Lipinski definition) is 2. The Morgan fingerprint density at radius 3 is 2.88 bits per heavy atom. The zero-order valence-electron chi connectivity index (χ0n) is 10.0. The fourth-order valence-electron chi connectivity index (χ4n) is 2.37. The summed E-state index contributed by atoms with van der Waals surface area (Å²) >= 11 is 0. The lowest BCUT2D eigenvalue weighted by atomic mass is 9.86. The molecule has 2 rings (SSSR count). The van der Waals surface area contributed by atoms with Crippen molar-refractivity contribution in [2.45, 2.75) is 38.6 Å². The Morgan fingerprint density at radius 1 is 1.41 bits per heavy atom. The van der Waals surface area contributed by atoms with Crippen LogP contribution in [0.1, 0.15) is 43.0 Å². The molecule has 1 aromatic rings. The van der Waals surface area contributed by atoms with E-state index in [-0.39, 0.29) is 22.9 Å². The van der Waals surface area contributed by atoms with Gasteiger partial charge in [-0.25, -0.2) is 0 Å². The van der Waals surface area contributed by atoms with Crippen LogP contribution in [0, 0.1) is 5.92 Å². The number of H-pyrrole nitrogens is 1. The van der Waals surface area contributed by atoms with Crippen LogP contribution in [0.3, 0.4) is 0 Å². The van der Waals surface area contributed by atoms with Gasteiger partial charge in [-0.05, 0) is 18.8 Å². The van der Waals surface area contributed by atoms with Crippen molar-refractivity contribution in [2.24, 2.45) is 5.92 Å². The van der Waals surface area contributed by atoms with Gasteiger partial charge in [0.05, 0.1) is 0 Å². The van der Waals surface area contributed by atoms with E-state index >= 15 is 0 Å². The molecular weight excluding hydrogens is 216 g/mol. The average molecular weight is 234 g/mol. The van der Waals surface area contributed by atoms with E-state index in [1.807, 2.05) is 0 Å². The van der Waals surface area contributed by atoms with Crippen molar-refractivity contribution >= 4 is 5.91 Å². The summed E-state index contributed by atoms with van der Waals surface area (Å²) in [6, 6.07) is 1.58. The second-order valence-corrected chi connectivity index (χ2v) is 4.76. The second kappa shape index (κ2) is 5.17. The fourth-order valence-corrected chi connectivity index (χ4v) is 2.37. The number of carbonyl (C=O) groups is 1. The van der Waals surface area contributed by atoms with E-state index in [2.05, 4.69) is 17.2 Å². The molecule has 1 fully saturated rings. The lowest BCUT2D eigenvalue weighted by molar-refractivity contribution is 0.0909. The molecule has 92 valence electrons. The molecule has 1 amide bonds. The van der Waals surface area contributed by atoms with Gasteiger partial charge in [0, 0.05) is 24.5 Å². The van der Waals surface area contributed by atoms with Crippen molar-refractivity contribution in [1.29, 1.82) is 0 Å². The van der Waals surface area contributed by atoms with Gasteiger partial charge in [0.25, 0.3) is 5.91 Å². The molecule has 1 aliphatic carbocycles. The number of aromatic amines is 1. The van der Waals surface area contributed by atoms with Crippen LogP contribution in [0.5, 0.6) is 0 Å². The summed E-state index contributed by atoms with van der Waals surface area (Å²) in [4.78, 5) is 26.2. The Hall–Kier alpha value is -1.58. The molecule has 0 radical (unpaired) electrons. The summed E-state index contributed by atoms with van der Waals surface area (Å²) in [5, 5.41) is 2.97. The first-order valence-electron chi connectivity index (χ1n) is 6.16. The number of rotatable bonds is 2. The van der Waals surface area contributed by atoms with Crippen LogP contribution in [0.2, 0.25) is 0 Å². The number of amides is 1. The molecule has 0 aromatic carbocycles. The van der Waals surface area contributed by atoms with Crippen molar-refractivity contribution in [1.82, 2.24) is 10.3 Å². The molecule has 17 heavy (non-hydrogen) atoms. The number of hydrogen-bond donors (Lipinski definition) is 2. The second-order valence-electron chi connectivity index (χ2n) is 4.76. The Balaban J connectivity index is 2.06. The molecule has 1 saturated carbocycles. The van der Waals surface area contributed by atoms with E-state index in [1.54, 1.807) is 0 Å². The number of pyridine rings is 1. The van der Waals surface area contributed by atoms with E-state index in [0.717, 1.165) is 19.3 Å². The van der Waals surface area contributed by atoms with Gasteiger partial charge in [-0.15, -0.1) is 0 Å². The summed E-state index contributed by atoms with van der Waals surface area (Å²) in [6.07, 6.45) is 7.54. The molecule has 0 saturated heterocycles. The monoisotopic (exact) mass is 234 g/mol. The normalized spacial score (nSPS) is 24.3. The highest BCUT2D eigenvalue weighted by molar-refractivity contribution is 5.93. The molecule has 4 heteroatoms. The zero-order chi connectivity index (χ0) is 12.3. The number of nitrogens with one attached hydrogen (secondary N) is 2. The molecule has 2 atom stereocenters. The largest absolute Gasteiger partial charge is 0.367 e. The maximum absolute atomic E-state index is 11.9. The number of aromatic nitrogens is 1.